The molecule has 1 saturated heterocycles. The maximum Gasteiger partial charge on any atom is 0.319 e. The van der Waals surface area contributed by atoms with Crippen LogP contribution < -0.4 is 10.6 Å². The number of carbonyl (C=O) groups is 1. The summed E-state index contributed by atoms with van der Waals surface area (Å²) < 4.78 is 0. The number of aryl methyl sites for hydroxylation is 1. The Balaban J connectivity index is 1.38. The number of likely N-dealkylation sites (tertiary alicyclic amines) is 1. The Labute approximate surface area is 150 Å². The summed E-state index contributed by atoms with van der Waals surface area (Å²) in [5, 5.41) is 5.75. The van der Waals surface area contributed by atoms with Crippen LogP contribution in [0, 0.1) is 0 Å². The zero-order valence-corrected chi connectivity index (χ0v) is 14.7. The van der Waals surface area contributed by atoms with Gasteiger partial charge in [0.05, 0.1) is 0 Å². The lowest BCUT2D eigenvalue weighted by Crippen LogP contribution is -2.28. The van der Waals surface area contributed by atoms with Crippen LogP contribution in [0.5, 0.6) is 0 Å². The summed E-state index contributed by atoms with van der Waals surface area (Å²) in [6, 6.07) is 17.9. The van der Waals surface area contributed by atoms with Gasteiger partial charge in [-0.05, 0) is 68.6 Å². The predicted molar refractivity (Wildman–Crippen MR) is 103 cm³/mol. The molecule has 0 radical (unpaired) electrons. The fourth-order valence-electron chi connectivity index (χ4n) is 3.22. The molecule has 4 nitrogen and oxygen atoms in total. The van der Waals surface area contributed by atoms with Gasteiger partial charge in [-0.25, -0.2) is 4.79 Å². The number of carbonyl (C=O) groups excluding carboxylic acids is 1. The molecule has 2 amide bonds. The number of hydrogen-bond acceptors (Lipinski definition) is 2. The van der Waals surface area contributed by atoms with Gasteiger partial charge in [-0.2, -0.15) is 0 Å². The minimum Gasteiger partial charge on any atom is -0.334 e. The van der Waals surface area contributed by atoms with Gasteiger partial charge >= 0.3 is 6.03 Å². The van der Waals surface area contributed by atoms with E-state index in [1.165, 1.54) is 44.5 Å². The molecule has 2 aromatic rings. The van der Waals surface area contributed by atoms with E-state index in [1.807, 2.05) is 42.5 Å². The molecule has 0 saturated carbocycles. The molecule has 2 N–H and O–H groups in total. The van der Waals surface area contributed by atoms with Gasteiger partial charge in [0.15, 0.2) is 0 Å². The van der Waals surface area contributed by atoms with E-state index >= 15 is 0 Å². The third kappa shape index (κ3) is 5.91. The Morgan fingerprint density at radius 3 is 2.36 bits per heavy atom. The van der Waals surface area contributed by atoms with Gasteiger partial charge in [-0.15, -0.1) is 0 Å². The Bertz CT molecular complexity index is 649. The van der Waals surface area contributed by atoms with Crippen molar-refractivity contribution in [1.29, 1.82) is 0 Å². The largest absolute Gasteiger partial charge is 0.334 e. The van der Waals surface area contributed by atoms with Crippen LogP contribution >= 0.6 is 0 Å². The van der Waals surface area contributed by atoms with Crippen LogP contribution in [0.15, 0.2) is 54.6 Å². The van der Waals surface area contributed by atoms with E-state index in [2.05, 4.69) is 27.7 Å². The number of urea groups is 1. The summed E-state index contributed by atoms with van der Waals surface area (Å²) in [5.74, 6) is 0. The zero-order valence-electron chi connectivity index (χ0n) is 14.7. The molecule has 4 heteroatoms. The van der Waals surface area contributed by atoms with E-state index in [9.17, 15) is 4.79 Å². The predicted octanol–water partition coefficient (Wildman–Crippen LogP) is 4.04. The first-order valence-electron chi connectivity index (χ1n) is 9.20. The molecule has 0 aliphatic carbocycles. The number of nitrogens with zero attached hydrogens (tertiary/aromatic N) is 1. The summed E-state index contributed by atoms with van der Waals surface area (Å²) in [6.07, 6.45) is 5.00. The number of benzene rings is 2. The first kappa shape index (κ1) is 17.5. The molecule has 1 aliphatic rings. The smallest absolute Gasteiger partial charge is 0.319 e. The summed E-state index contributed by atoms with van der Waals surface area (Å²) in [6.45, 7) is 4.26. The molecule has 2 aromatic carbocycles. The quantitative estimate of drug-likeness (QED) is 0.801. The highest BCUT2D eigenvalue weighted by molar-refractivity contribution is 5.89. The van der Waals surface area contributed by atoms with Crippen molar-refractivity contribution in [3.8, 4) is 0 Å². The van der Waals surface area contributed by atoms with Crippen LogP contribution in [0.3, 0.4) is 0 Å². The fraction of sp³-hybridized carbons (Fsp3) is 0.381. The Morgan fingerprint density at radius 1 is 0.920 bits per heavy atom. The van der Waals surface area contributed by atoms with Gasteiger partial charge < -0.3 is 15.5 Å². The van der Waals surface area contributed by atoms with Crippen molar-refractivity contribution in [2.45, 2.75) is 32.2 Å². The molecule has 3 rings (SSSR count). The second-order valence-corrected chi connectivity index (χ2v) is 6.64. The van der Waals surface area contributed by atoms with Gasteiger partial charge in [0.25, 0.3) is 0 Å². The van der Waals surface area contributed by atoms with Crippen molar-refractivity contribution in [2.24, 2.45) is 0 Å². The van der Waals surface area contributed by atoms with Crippen molar-refractivity contribution >= 4 is 11.7 Å². The maximum atomic E-state index is 12.0. The normalized spacial score (nSPS) is 14.4. The van der Waals surface area contributed by atoms with Crippen molar-refractivity contribution in [2.75, 3.05) is 25.0 Å². The third-order valence-corrected chi connectivity index (χ3v) is 4.65. The molecule has 0 aromatic heterocycles. The summed E-state index contributed by atoms with van der Waals surface area (Å²) in [7, 11) is 0. The summed E-state index contributed by atoms with van der Waals surface area (Å²) in [4.78, 5) is 14.5. The molecule has 0 atom stereocenters. The minimum atomic E-state index is -0.175. The SMILES string of the molecule is O=C(NCc1ccccc1)Nc1ccc(CCCN2CCCC2)cc1. The van der Waals surface area contributed by atoms with Gasteiger partial charge in [-0.3, -0.25) is 0 Å². The number of anilines is 1. The standard InChI is InChI=1S/C21H27N3O/c25-21(22-17-19-7-2-1-3-8-19)23-20-12-10-18(11-13-20)9-6-16-24-14-4-5-15-24/h1-3,7-8,10-13H,4-6,9,14-17H2,(H2,22,23,25). The van der Waals surface area contributed by atoms with Crippen molar-refractivity contribution in [1.82, 2.24) is 10.2 Å². The van der Waals surface area contributed by atoms with E-state index in [0.29, 0.717) is 6.54 Å². The van der Waals surface area contributed by atoms with Crippen molar-refractivity contribution < 1.29 is 4.79 Å². The Kier molecular flexibility index (Phi) is 6.46. The highest BCUT2D eigenvalue weighted by Gasteiger charge is 2.10. The molecule has 0 bridgehead atoms. The van der Waals surface area contributed by atoms with Crippen LogP contribution in [0.2, 0.25) is 0 Å². The van der Waals surface area contributed by atoms with Crippen molar-refractivity contribution in [3.63, 3.8) is 0 Å². The van der Waals surface area contributed by atoms with Crippen LogP contribution in [-0.4, -0.2) is 30.6 Å². The molecule has 0 unspecified atom stereocenters. The highest BCUT2D eigenvalue weighted by atomic mass is 16.2. The molecule has 132 valence electrons. The topological polar surface area (TPSA) is 44.4 Å². The van der Waals surface area contributed by atoms with E-state index in [4.69, 9.17) is 0 Å². The average Bonchev–Trinajstić information content (AvgIpc) is 3.16. The molecule has 1 heterocycles. The van der Waals surface area contributed by atoms with Gasteiger partial charge in [0.2, 0.25) is 0 Å². The number of rotatable bonds is 7. The van der Waals surface area contributed by atoms with Crippen LogP contribution in [-0.2, 0) is 13.0 Å². The van der Waals surface area contributed by atoms with E-state index in [0.717, 1.165) is 17.7 Å². The Hall–Kier alpha value is -2.33. The number of hydrogen-bond donors (Lipinski definition) is 2. The van der Waals surface area contributed by atoms with Crippen LogP contribution in [0.4, 0.5) is 10.5 Å². The van der Waals surface area contributed by atoms with Crippen molar-refractivity contribution in [3.05, 3.63) is 65.7 Å². The summed E-state index contributed by atoms with van der Waals surface area (Å²) >= 11 is 0. The highest BCUT2D eigenvalue weighted by Crippen LogP contribution is 2.13. The lowest BCUT2D eigenvalue weighted by molar-refractivity contribution is 0.251. The van der Waals surface area contributed by atoms with E-state index in [-0.39, 0.29) is 6.03 Å². The summed E-state index contributed by atoms with van der Waals surface area (Å²) in [5.41, 5.74) is 3.24. The maximum absolute atomic E-state index is 12.0. The zero-order chi connectivity index (χ0) is 17.3. The Morgan fingerprint density at radius 2 is 1.64 bits per heavy atom. The second-order valence-electron chi connectivity index (χ2n) is 6.64. The molecular formula is C21H27N3O. The lowest BCUT2D eigenvalue weighted by atomic mass is 10.1. The lowest BCUT2D eigenvalue weighted by Gasteiger charge is -2.14. The minimum absolute atomic E-state index is 0.175. The second kappa shape index (κ2) is 9.23. The number of nitrogens with one attached hydrogen (secondary N) is 2. The molecule has 1 fully saturated rings. The third-order valence-electron chi connectivity index (χ3n) is 4.65. The first-order valence-corrected chi connectivity index (χ1v) is 9.20. The van der Waals surface area contributed by atoms with Gasteiger partial charge in [0.1, 0.15) is 0 Å². The average molecular weight is 337 g/mol. The monoisotopic (exact) mass is 337 g/mol. The molecule has 25 heavy (non-hydrogen) atoms. The first-order chi connectivity index (χ1) is 12.3. The molecule has 1 aliphatic heterocycles. The van der Waals surface area contributed by atoms with E-state index in [1.54, 1.807) is 0 Å². The van der Waals surface area contributed by atoms with Crippen LogP contribution in [0.1, 0.15) is 30.4 Å². The van der Waals surface area contributed by atoms with Crippen LogP contribution in [0.25, 0.3) is 0 Å². The molecule has 0 spiro atoms. The van der Waals surface area contributed by atoms with Gasteiger partial charge in [-0.1, -0.05) is 42.5 Å². The number of amides is 2. The van der Waals surface area contributed by atoms with E-state index < -0.39 is 0 Å². The fourth-order valence-corrected chi connectivity index (χ4v) is 3.22. The van der Waals surface area contributed by atoms with Gasteiger partial charge in [0, 0.05) is 12.2 Å². The molecular weight excluding hydrogens is 310 g/mol.